The van der Waals surface area contributed by atoms with E-state index in [0.29, 0.717) is 18.1 Å². The van der Waals surface area contributed by atoms with Gasteiger partial charge in [0.15, 0.2) is 0 Å². The van der Waals surface area contributed by atoms with E-state index < -0.39 is 0 Å². The van der Waals surface area contributed by atoms with E-state index in [1.54, 1.807) is 6.08 Å². The molecule has 24 heavy (non-hydrogen) atoms. The smallest absolute Gasteiger partial charge is 0.330 e. The van der Waals surface area contributed by atoms with Crippen LogP contribution >= 0.6 is 0 Å². The Morgan fingerprint density at radius 1 is 1.42 bits per heavy atom. The predicted octanol–water partition coefficient (Wildman–Crippen LogP) is 4.86. The third-order valence-corrected chi connectivity index (χ3v) is 7.01. The fraction of sp³-hybridized carbons (Fsp3) is 0.714. The van der Waals surface area contributed by atoms with Gasteiger partial charge in [-0.15, -0.1) is 0 Å². The highest BCUT2D eigenvalue weighted by Crippen LogP contribution is 2.60. The zero-order valence-electron chi connectivity index (χ0n) is 16.1. The molecule has 0 radical (unpaired) electrons. The van der Waals surface area contributed by atoms with Crippen molar-refractivity contribution in [3.05, 3.63) is 23.3 Å². The van der Waals surface area contributed by atoms with Gasteiger partial charge in [0.25, 0.3) is 0 Å². The van der Waals surface area contributed by atoms with Crippen LogP contribution in [0.3, 0.4) is 0 Å². The summed E-state index contributed by atoms with van der Waals surface area (Å²) in [5, 5.41) is 0. The van der Waals surface area contributed by atoms with Crippen molar-refractivity contribution >= 4 is 11.8 Å². The Kier molecular flexibility index (Phi) is 5.41. The van der Waals surface area contributed by atoms with Crippen molar-refractivity contribution < 1.29 is 14.3 Å². The molecular weight excluding hydrogens is 300 g/mol. The molecule has 2 aliphatic rings. The third-order valence-electron chi connectivity index (χ3n) is 7.01. The van der Waals surface area contributed by atoms with Gasteiger partial charge >= 0.3 is 5.97 Å². The minimum absolute atomic E-state index is 0.00341. The van der Waals surface area contributed by atoms with E-state index in [4.69, 9.17) is 4.74 Å². The summed E-state index contributed by atoms with van der Waals surface area (Å²) in [5.74, 6) is 0.688. The number of methoxy groups -OCH3 is 1. The minimum Gasteiger partial charge on any atom is -0.466 e. The van der Waals surface area contributed by atoms with Crippen molar-refractivity contribution in [3.63, 3.8) is 0 Å². The summed E-state index contributed by atoms with van der Waals surface area (Å²) in [6.45, 7) is 10.8. The van der Waals surface area contributed by atoms with Gasteiger partial charge in [0.1, 0.15) is 5.78 Å². The summed E-state index contributed by atoms with van der Waals surface area (Å²) in [5.41, 5.74) is 2.38. The van der Waals surface area contributed by atoms with Gasteiger partial charge in [0, 0.05) is 18.4 Å². The molecular formula is C21H32O3. The molecule has 2 aliphatic carbocycles. The van der Waals surface area contributed by atoms with Crippen LogP contribution in [0.4, 0.5) is 0 Å². The van der Waals surface area contributed by atoms with E-state index in [2.05, 4.69) is 33.8 Å². The molecule has 0 heterocycles. The lowest BCUT2D eigenvalue weighted by atomic mass is 9.46. The normalized spacial score (nSPS) is 36.8. The highest BCUT2D eigenvalue weighted by Gasteiger charge is 2.56. The standard InChI is InChI=1S/C21H32O3/c1-14(12-19(23)24-6)10-11-20(4)16(3)17(22)13-21(5)15(2)8-7-9-18(20)21/h8,12,16,18H,7,9-11,13H2,1-6H3/b14-12-/t16-,18-,20+,21+/m1/s1. The van der Waals surface area contributed by atoms with Crippen LogP contribution < -0.4 is 0 Å². The maximum absolute atomic E-state index is 12.8. The molecule has 0 aromatic carbocycles. The molecule has 1 saturated carbocycles. The first-order valence-electron chi connectivity index (χ1n) is 9.10. The van der Waals surface area contributed by atoms with Crippen LogP contribution in [0.1, 0.15) is 66.7 Å². The SMILES string of the molecule is COC(=O)/C=C(/C)CC[C@@]1(C)[C@H](C)C(=O)C[C@@]2(C)C(C)=CCC[C@H]12. The van der Waals surface area contributed by atoms with Crippen molar-refractivity contribution in [1.29, 1.82) is 0 Å². The number of rotatable bonds is 4. The summed E-state index contributed by atoms with van der Waals surface area (Å²) in [6, 6.07) is 0. The van der Waals surface area contributed by atoms with Crippen LogP contribution in [0.2, 0.25) is 0 Å². The quantitative estimate of drug-likeness (QED) is 0.419. The molecule has 0 amide bonds. The minimum atomic E-state index is -0.299. The lowest BCUT2D eigenvalue weighted by molar-refractivity contribution is -0.142. The van der Waals surface area contributed by atoms with E-state index in [-0.39, 0.29) is 22.7 Å². The molecule has 0 aromatic heterocycles. The van der Waals surface area contributed by atoms with E-state index in [1.807, 2.05) is 6.92 Å². The molecule has 0 aliphatic heterocycles. The van der Waals surface area contributed by atoms with Gasteiger partial charge in [0.2, 0.25) is 0 Å². The van der Waals surface area contributed by atoms with Crippen LogP contribution in [0.5, 0.6) is 0 Å². The van der Waals surface area contributed by atoms with Crippen LogP contribution in [0.15, 0.2) is 23.3 Å². The van der Waals surface area contributed by atoms with E-state index in [9.17, 15) is 9.59 Å². The number of allylic oxidation sites excluding steroid dienone is 3. The average Bonchev–Trinajstić information content (AvgIpc) is 2.53. The molecule has 0 unspecified atom stereocenters. The second kappa shape index (κ2) is 6.85. The Hall–Kier alpha value is -1.38. The lowest BCUT2D eigenvalue weighted by Crippen LogP contribution is -2.53. The second-order valence-electron chi connectivity index (χ2n) is 8.32. The van der Waals surface area contributed by atoms with Crippen molar-refractivity contribution in [2.45, 2.75) is 66.7 Å². The molecule has 0 saturated heterocycles. The number of hydrogen-bond donors (Lipinski definition) is 0. The summed E-state index contributed by atoms with van der Waals surface area (Å²) in [7, 11) is 1.40. The van der Waals surface area contributed by atoms with Crippen molar-refractivity contribution in [2.24, 2.45) is 22.7 Å². The summed E-state index contributed by atoms with van der Waals surface area (Å²) >= 11 is 0. The molecule has 2 rings (SSSR count). The molecule has 4 atom stereocenters. The molecule has 134 valence electrons. The fourth-order valence-corrected chi connectivity index (χ4v) is 4.99. The lowest BCUT2D eigenvalue weighted by Gasteiger charge is -2.57. The number of Topliss-reactive ketones (excluding diaryl/α,β-unsaturated/α-hetero) is 1. The van der Waals surface area contributed by atoms with Crippen LogP contribution in [0, 0.1) is 22.7 Å². The highest BCUT2D eigenvalue weighted by atomic mass is 16.5. The maximum atomic E-state index is 12.8. The van der Waals surface area contributed by atoms with Gasteiger partial charge in [-0.25, -0.2) is 4.79 Å². The van der Waals surface area contributed by atoms with E-state index in [1.165, 1.54) is 12.7 Å². The Morgan fingerprint density at radius 2 is 2.08 bits per heavy atom. The Labute approximate surface area is 146 Å². The number of hydrogen-bond acceptors (Lipinski definition) is 3. The van der Waals surface area contributed by atoms with Crippen LogP contribution in [-0.4, -0.2) is 18.9 Å². The monoisotopic (exact) mass is 332 g/mol. The van der Waals surface area contributed by atoms with Gasteiger partial charge in [0.05, 0.1) is 7.11 Å². The van der Waals surface area contributed by atoms with Gasteiger partial charge in [-0.05, 0) is 56.3 Å². The zero-order chi connectivity index (χ0) is 18.1. The van der Waals surface area contributed by atoms with Crippen molar-refractivity contribution in [1.82, 2.24) is 0 Å². The number of fused-ring (bicyclic) bond motifs is 1. The molecule has 0 bridgehead atoms. The summed E-state index contributed by atoms with van der Waals surface area (Å²) in [6.07, 6.45) is 8.60. The maximum Gasteiger partial charge on any atom is 0.330 e. The first-order valence-corrected chi connectivity index (χ1v) is 9.10. The summed E-state index contributed by atoms with van der Waals surface area (Å²) < 4.78 is 4.72. The van der Waals surface area contributed by atoms with Gasteiger partial charge < -0.3 is 4.74 Å². The fourth-order valence-electron chi connectivity index (χ4n) is 4.99. The molecule has 0 aromatic rings. The van der Waals surface area contributed by atoms with Crippen molar-refractivity contribution in [3.8, 4) is 0 Å². The Bertz CT molecular complexity index is 586. The van der Waals surface area contributed by atoms with E-state index in [0.717, 1.165) is 31.3 Å². The zero-order valence-corrected chi connectivity index (χ0v) is 16.1. The van der Waals surface area contributed by atoms with Gasteiger partial charge in [-0.1, -0.05) is 38.0 Å². The largest absolute Gasteiger partial charge is 0.466 e. The van der Waals surface area contributed by atoms with Crippen LogP contribution in [0.25, 0.3) is 0 Å². The highest BCUT2D eigenvalue weighted by molar-refractivity contribution is 5.84. The molecule has 0 spiro atoms. The predicted molar refractivity (Wildman–Crippen MR) is 96.5 cm³/mol. The molecule has 3 nitrogen and oxygen atoms in total. The van der Waals surface area contributed by atoms with Crippen LogP contribution in [-0.2, 0) is 14.3 Å². The number of carbonyl (C=O) groups is 2. The van der Waals surface area contributed by atoms with Gasteiger partial charge in [-0.2, -0.15) is 0 Å². The molecule has 0 N–H and O–H groups in total. The Morgan fingerprint density at radius 3 is 2.71 bits per heavy atom. The van der Waals surface area contributed by atoms with Gasteiger partial charge in [-0.3, -0.25) is 4.79 Å². The second-order valence-corrected chi connectivity index (χ2v) is 8.32. The molecule has 3 heteroatoms. The number of ketones is 1. The number of carbonyl (C=O) groups excluding carboxylic acids is 2. The third kappa shape index (κ3) is 3.22. The average molecular weight is 332 g/mol. The van der Waals surface area contributed by atoms with Crippen molar-refractivity contribution in [2.75, 3.05) is 7.11 Å². The van der Waals surface area contributed by atoms with E-state index >= 15 is 0 Å². The topological polar surface area (TPSA) is 43.4 Å². The number of esters is 1. The number of ether oxygens (including phenoxy) is 1. The first kappa shape index (κ1) is 19.0. The molecule has 1 fully saturated rings. The summed E-state index contributed by atoms with van der Waals surface area (Å²) in [4.78, 5) is 24.2. The first-order chi connectivity index (χ1) is 11.1. The Balaban J connectivity index is 2.27.